The lowest BCUT2D eigenvalue weighted by Gasteiger charge is -2.57. The average Bonchev–Trinajstić information content (AvgIpc) is 2.92. The highest BCUT2D eigenvalue weighted by Crippen LogP contribution is 2.64. The second-order valence-electron chi connectivity index (χ2n) is 10.8. The lowest BCUT2D eigenvalue weighted by Crippen LogP contribution is -2.50. The highest BCUT2D eigenvalue weighted by atomic mass is 16.3. The van der Waals surface area contributed by atoms with E-state index in [0.717, 1.165) is 48.7 Å². The number of benzene rings is 1. The van der Waals surface area contributed by atoms with Crippen LogP contribution in [0.4, 0.5) is 0 Å². The van der Waals surface area contributed by atoms with Crippen molar-refractivity contribution in [3.63, 3.8) is 0 Å². The minimum atomic E-state index is -0.149. The molecule has 5 rings (SSSR count). The van der Waals surface area contributed by atoms with Crippen LogP contribution in [0.15, 0.2) is 35.9 Å². The zero-order valence-corrected chi connectivity index (χ0v) is 17.4. The van der Waals surface area contributed by atoms with Gasteiger partial charge in [-0.2, -0.15) is 0 Å². The van der Waals surface area contributed by atoms with Gasteiger partial charge in [0, 0.05) is 5.41 Å². The van der Waals surface area contributed by atoms with Crippen LogP contribution < -0.4 is 0 Å². The predicted molar refractivity (Wildman–Crippen MR) is 113 cm³/mol. The van der Waals surface area contributed by atoms with Gasteiger partial charge in [-0.3, -0.25) is 4.79 Å². The van der Waals surface area contributed by atoms with Crippen LogP contribution in [0.3, 0.4) is 0 Å². The van der Waals surface area contributed by atoms with Crippen LogP contribution >= 0.6 is 0 Å². The molecule has 0 aliphatic heterocycles. The number of aliphatic hydroxyl groups is 1. The molecule has 4 saturated carbocycles. The summed E-state index contributed by atoms with van der Waals surface area (Å²) < 4.78 is 0. The minimum absolute atomic E-state index is 0.0971. The molecule has 4 aliphatic carbocycles. The number of hydrogen-bond donors (Lipinski definition) is 1. The number of ketones is 1. The fourth-order valence-corrected chi connectivity index (χ4v) is 7.65. The average molecular weight is 379 g/mol. The maximum Gasteiger partial charge on any atom is 0.165 e. The Balaban J connectivity index is 1.43. The first kappa shape index (κ1) is 18.6. The SMILES string of the molecule is C[C@]12C[C@H](O)CC[C@@H]1C[C@H]1[C@@H](CC[C@@]3(C)C(=O)C(=Cc4ccccc4)C[C@H]13)C2. The van der Waals surface area contributed by atoms with Gasteiger partial charge in [0.25, 0.3) is 0 Å². The third-order valence-corrected chi connectivity index (χ3v) is 9.19. The van der Waals surface area contributed by atoms with Gasteiger partial charge in [-0.1, -0.05) is 44.2 Å². The summed E-state index contributed by atoms with van der Waals surface area (Å²) in [5, 5.41) is 10.3. The Hall–Kier alpha value is -1.41. The van der Waals surface area contributed by atoms with Crippen LogP contribution in [0.1, 0.15) is 70.8 Å². The van der Waals surface area contributed by atoms with Crippen molar-refractivity contribution in [2.24, 2.45) is 34.5 Å². The van der Waals surface area contributed by atoms with E-state index in [-0.39, 0.29) is 11.5 Å². The molecule has 28 heavy (non-hydrogen) atoms. The molecule has 0 amide bonds. The summed E-state index contributed by atoms with van der Waals surface area (Å²) in [4.78, 5) is 13.4. The molecule has 1 aromatic rings. The highest BCUT2D eigenvalue weighted by molar-refractivity contribution is 6.05. The number of hydrogen-bond acceptors (Lipinski definition) is 2. The van der Waals surface area contributed by atoms with Gasteiger partial charge in [-0.05, 0) is 97.7 Å². The van der Waals surface area contributed by atoms with E-state index in [1.807, 2.05) is 6.07 Å². The smallest absolute Gasteiger partial charge is 0.165 e. The standard InChI is InChI=1S/C26H34O2/c1-25-15-18-10-11-26(2)23(22(18)14-20(25)8-9-21(27)16-25)13-19(24(26)28)12-17-6-4-3-5-7-17/h3-7,12,18,20-23,27H,8-11,13-16H2,1-2H3/t18-,20+,21+,22-,23+,25-,26+/m0/s1. The van der Waals surface area contributed by atoms with Gasteiger partial charge in [0.2, 0.25) is 0 Å². The van der Waals surface area contributed by atoms with Crippen molar-refractivity contribution in [3.05, 3.63) is 41.5 Å². The maximum absolute atomic E-state index is 13.4. The van der Waals surface area contributed by atoms with Crippen LogP contribution in [0.2, 0.25) is 0 Å². The molecule has 7 atom stereocenters. The van der Waals surface area contributed by atoms with Crippen molar-refractivity contribution >= 4 is 11.9 Å². The van der Waals surface area contributed by atoms with Crippen molar-refractivity contribution in [2.45, 2.75) is 71.3 Å². The Morgan fingerprint density at radius 3 is 2.64 bits per heavy atom. The second kappa shape index (κ2) is 6.55. The zero-order chi connectivity index (χ0) is 19.5. The van der Waals surface area contributed by atoms with Gasteiger partial charge in [0.15, 0.2) is 5.78 Å². The summed E-state index contributed by atoms with van der Waals surface area (Å²) in [7, 11) is 0. The molecule has 0 unspecified atom stereocenters. The molecule has 0 aromatic heterocycles. The van der Waals surface area contributed by atoms with Crippen LogP contribution in [0.25, 0.3) is 6.08 Å². The zero-order valence-electron chi connectivity index (χ0n) is 17.4. The van der Waals surface area contributed by atoms with E-state index in [1.54, 1.807) is 0 Å². The van der Waals surface area contributed by atoms with Gasteiger partial charge < -0.3 is 5.11 Å². The Morgan fingerprint density at radius 1 is 1.07 bits per heavy atom. The van der Waals surface area contributed by atoms with E-state index in [4.69, 9.17) is 0 Å². The summed E-state index contributed by atoms with van der Waals surface area (Å²) >= 11 is 0. The van der Waals surface area contributed by atoms with Crippen LogP contribution in [0.5, 0.6) is 0 Å². The molecule has 150 valence electrons. The number of carbonyl (C=O) groups excluding carboxylic acids is 1. The fraction of sp³-hybridized carbons (Fsp3) is 0.654. The summed E-state index contributed by atoms with van der Waals surface area (Å²) in [6.45, 7) is 4.70. The molecule has 0 saturated heterocycles. The molecule has 4 aliphatic rings. The lowest BCUT2D eigenvalue weighted by molar-refractivity contribution is -0.133. The van der Waals surface area contributed by atoms with Crippen molar-refractivity contribution in [3.8, 4) is 0 Å². The van der Waals surface area contributed by atoms with Crippen molar-refractivity contribution in [1.82, 2.24) is 0 Å². The number of fused-ring (bicyclic) bond motifs is 4. The van der Waals surface area contributed by atoms with E-state index in [2.05, 4.69) is 44.2 Å². The largest absolute Gasteiger partial charge is 0.393 e. The number of rotatable bonds is 1. The molecular formula is C26H34O2. The van der Waals surface area contributed by atoms with Crippen molar-refractivity contribution < 1.29 is 9.90 Å². The summed E-state index contributed by atoms with van der Waals surface area (Å²) in [5.41, 5.74) is 2.38. The first-order valence-electron chi connectivity index (χ1n) is 11.4. The molecular weight excluding hydrogens is 344 g/mol. The summed E-state index contributed by atoms with van der Waals surface area (Å²) in [5.74, 6) is 3.11. The molecule has 1 aromatic carbocycles. The van der Waals surface area contributed by atoms with Crippen LogP contribution in [-0.2, 0) is 4.79 Å². The van der Waals surface area contributed by atoms with E-state index >= 15 is 0 Å². The fourth-order valence-electron chi connectivity index (χ4n) is 7.65. The molecule has 2 nitrogen and oxygen atoms in total. The molecule has 0 radical (unpaired) electrons. The number of allylic oxidation sites excluding steroid dienone is 1. The topological polar surface area (TPSA) is 37.3 Å². The number of Topliss-reactive ketones (excluding diaryl/α,β-unsaturated/α-hetero) is 1. The monoisotopic (exact) mass is 378 g/mol. The molecule has 0 spiro atoms. The van der Waals surface area contributed by atoms with E-state index in [1.165, 1.54) is 25.7 Å². The van der Waals surface area contributed by atoms with Gasteiger partial charge in [-0.15, -0.1) is 0 Å². The molecule has 1 N–H and O–H groups in total. The third-order valence-electron chi connectivity index (χ3n) is 9.19. The Morgan fingerprint density at radius 2 is 1.86 bits per heavy atom. The predicted octanol–water partition coefficient (Wildman–Crippen LogP) is 5.65. The number of aliphatic hydroxyl groups excluding tert-OH is 1. The van der Waals surface area contributed by atoms with Crippen molar-refractivity contribution in [1.29, 1.82) is 0 Å². The van der Waals surface area contributed by atoms with Gasteiger partial charge in [-0.25, -0.2) is 0 Å². The Labute approximate surface area is 169 Å². The van der Waals surface area contributed by atoms with E-state index in [0.29, 0.717) is 23.0 Å². The van der Waals surface area contributed by atoms with Gasteiger partial charge >= 0.3 is 0 Å². The summed E-state index contributed by atoms with van der Waals surface area (Å²) in [6.07, 6.45) is 10.9. The second-order valence-corrected chi connectivity index (χ2v) is 10.8. The highest BCUT2D eigenvalue weighted by Gasteiger charge is 2.59. The van der Waals surface area contributed by atoms with Gasteiger partial charge in [0.05, 0.1) is 6.10 Å². The van der Waals surface area contributed by atoms with E-state index < -0.39 is 0 Å². The van der Waals surface area contributed by atoms with E-state index in [9.17, 15) is 9.90 Å². The number of carbonyl (C=O) groups is 1. The lowest BCUT2D eigenvalue weighted by atomic mass is 9.48. The third kappa shape index (κ3) is 2.83. The molecule has 4 fully saturated rings. The quantitative estimate of drug-likeness (QED) is 0.641. The van der Waals surface area contributed by atoms with Gasteiger partial charge in [0.1, 0.15) is 0 Å². The van der Waals surface area contributed by atoms with Crippen LogP contribution in [0, 0.1) is 34.5 Å². The molecule has 2 heteroatoms. The normalized spacial score (nSPS) is 46.8. The van der Waals surface area contributed by atoms with Crippen LogP contribution in [-0.4, -0.2) is 17.0 Å². The first-order valence-corrected chi connectivity index (χ1v) is 11.4. The Bertz CT molecular complexity index is 796. The van der Waals surface area contributed by atoms with Crippen molar-refractivity contribution in [2.75, 3.05) is 0 Å². The maximum atomic E-state index is 13.4. The Kier molecular flexibility index (Phi) is 4.36. The molecule has 0 heterocycles. The minimum Gasteiger partial charge on any atom is -0.393 e. The summed E-state index contributed by atoms with van der Waals surface area (Å²) in [6, 6.07) is 10.3. The molecule has 0 bridgehead atoms. The first-order chi connectivity index (χ1) is 13.4.